The Labute approximate surface area is 149 Å². The largest absolute Gasteiger partial charge is 0.383 e. The van der Waals surface area contributed by atoms with Crippen LogP contribution in [0.2, 0.25) is 0 Å². The number of likely N-dealkylation sites (tertiary alicyclic amines) is 1. The highest BCUT2D eigenvalue weighted by Gasteiger charge is 2.26. The van der Waals surface area contributed by atoms with Crippen LogP contribution in [-0.4, -0.2) is 52.3 Å². The van der Waals surface area contributed by atoms with Gasteiger partial charge >= 0.3 is 0 Å². The van der Waals surface area contributed by atoms with Crippen molar-refractivity contribution in [3.8, 4) is 0 Å². The van der Waals surface area contributed by atoms with Crippen molar-refractivity contribution < 1.29 is 14.3 Å². The molecule has 1 aliphatic heterocycles. The summed E-state index contributed by atoms with van der Waals surface area (Å²) >= 11 is 1.18. The fourth-order valence-corrected chi connectivity index (χ4v) is 3.65. The number of para-hydroxylation sites is 1. The molecule has 0 unspecified atom stereocenters. The van der Waals surface area contributed by atoms with Crippen LogP contribution in [0.3, 0.4) is 0 Å². The summed E-state index contributed by atoms with van der Waals surface area (Å²) in [5.74, 6) is -0.300. The summed E-state index contributed by atoms with van der Waals surface area (Å²) in [7, 11) is 1.56. The Hall–Kier alpha value is -2.19. The predicted octanol–water partition coefficient (Wildman–Crippen LogP) is 1.28. The van der Waals surface area contributed by atoms with Crippen molar-refractivity contribution in [1.82, 2.24) is 14.5 Å². The van der Waals surface area contributed by atoms with Gasteiger partial charge in [-0.25, -0.2) is 4.98 Å². The zero-order valence-corrected chi connectivity index (χ0v) is 14.8. The second kappa shape index (κ2) is 7.79. The number of imide groups is 1. The molecule has 0 radical (unpaired) electrons. The van der Waals surface area contributed by atoms with Crippen LogP contribution in [-0.2, 0) is 20.9 Å². The lowest BCUT2D eigenvalue weighted by molar-refractivity contribution is -0.140. The molecule has 0 aliphatic carbocycles. The molecule has 2 amide bonds. The molecule has 1 saturated heterocycles. The highest BCUT2D eigenvalue weighted by atomic mass is 32.2. The number of aromatic nitrogens is 2. The summed E-state index contributed by atoms with van der Waals surface area (Å²) < 4.78 is 6.60. The monoisotopic (exact) mass is 361 g/mol. The van der Waals surface area contributed by atoms with Gasteiger partial charge in [-0.05, 0) is 18.6 Å². The van der Waals surface area contributed by atoms with Gasteiger partial charge in [0.2, 0.25) is 11.8 Å². The fourth-order valence-electron chi connectivity index (χ4n) is 2.75. The lowest BCUT2D eigenvalue weighted by atomic mass is 10.2. The standard InChI is InChI=1S/C17H19N3O4S/c1-24-10-9-20-16(23)12-5-2-3-6-13(12)18-17(20)25-11-15(22)19-8-4-7-14(19)21/h2-3,5-6H,4,7-11H2,1H3. The molecule has 7 nitrogen and oxygen atoms in total. The van der Waals surface area contributed by atoms with Gasteiger partial charge in [-0.2, -0.15) is 0 Å². The molecule has 2 aromatic rings. The number of thioether (sulfide) groups is 1. The van der Waals surface area contributed by atoms with Crippen molar-refractivity contribution in [2.24, 2.45) is 0 Å². The second-order valence-corrected chi connectivity index (χ2v) is 6.63. The molecule has 0 bridgehead atoms. The molecule has 1 aromatic carbocycles. The quantitative estimate of drug-likeness (QED) is 0.570. The van der Waals surface area contributed by atoms with E-state index >= 15 is 0 Å². The van der Waals surface area contributed by atoms with Crippen molar-refractivity contribution in [3.63, 3.8) is 0 Å². The van der Waals surface area contributed by atoms with Gasteiger partial charge in [0.15, 0.2) is 5.16 Å². The minimum atomic E-state index is -0.242. The lowest BCUT2D eigenvalue weighted by Gasteiger charge is -2.15. The van der Waals surface area contributed by atoms with E-state index in [1.807, 2.05) is 6.07 Å². The minimum absolute atomic E-state index is 0.0729. The van der Waals surface area contributed by atoms with E-state index in [0.29, 0.717) is 48.6 Å². The molecule has 2 heterocycles. The summed E-state index contributed by atoms with van der Waals surface area (Å²) in [6.45, 7) is 1.19. The highest BCUT2D eigenvalue weighted by molar-refractivity contribution is 7.99. The zero-order chi connectivity index (χ0) is 17.8. The molecule has 8 heteroatoms. The van der Waals surface area contributed by atoms with Crippen molar-refractivity contribution in [2.45, 2.75) is 24.5 Å². The first-order valence-corrected chi connectivity index (χ1v) is 9.05. The average molecular weight is 361 g/mol. The SMILES string of the molecule is COCCn1c(SCC(=O)N2CCCC2=O)nc2ccccc2c1=O. The van der Waals surface area contributed by atoms with Crippen molar-refractivity contribution >= 4 is 34.5 Å². The molecule has 1 aliphatic rings. The first-order chi connectivity index (χ1) is 12.1. The van der Waals surface area contributed by atoms with Crippen LogP contribution >= 0.6 is 11.8 Å². The number of methoxy groups -OCH3 is 1. The predicted molar refractivity (Wildman–Crippen MR) is 94.6 cm³/mol. The molecule has 0 N–H and O–H groups in total. The highest BCUT2D eigenvalue weighted by Crippen LogP contribution is 2.20. The number of rotatable bonds is 6. The van der Waals surface area contributed by atoms with Gasteiger partial charge < -0.3 is 4.74 Å². The topological polar surface area (TPSA) is 81.5 Å². The molecule has 25 heavy (non-hydrogen) atoms. The Bertz CT molecular complexity index is 865. The van der Waals surface area contributed by atoms with E-state index in [1.165, 1.54) is 21.2 Å². The first kappa shape index (κ1) is 17.6. The van der Waals surface area contributed by atoms with Crippen molar-refractivity contribution in [1.29, 1.82) is 0 Å². The molecule has 1 aromatic heterocycles. The average Bonchev–Trinajstić information content (AvgIpc) is 3.05. The van der Waals surface area contributed by atoms with E-state index in [-0.39, 0.29) is 23.1 Å². The summed E-state index contributed by atoms with van der Waals surface area (Å²) in [6, 6.07) is 7.11. The van der Waals surface area contributed by atoms with Crippen molar-refractivity contribution in [2.75, 3.05) is 26.0 Å². The number of hydrogen-bond acceptors (Lipinski definition) is 6. The maximum Gasteiger partial charge on any atom is 0.262 e. The molecular weight excluding hydrogens is 342 g/mol. The summed E-state index contributed by atoms with van der Waals surface area (Å²) in [6.07, 6.45) is 1.13. The Balaban J connectivity index is 1.87. The van der Waals surface area contributed by atoms with Crippen LogP contribution in [0.1, 0.15) is 12.8 Å². The van der Waals surface area contributed by atoms with Crippen LogP contribution in [0.4, 0.5) is 0 Å². The zero-order valence-electron chi connectivity index (χ0n) is 13.9. The van der Waals surface area contributed by atoms with E-state index in [1.54, 1.807) is 25.3 Å². The molecule has 132 valence electrons. The van der Waals surface area contributed by atoms with E-state index in [9.17, 15) is 14.4 Å². The van der Waals surface area contributed by atoms with Gasteiger partial charge in [-0.3, -0.25) is 23.9 Å². The van der Waals surface area contributed by atoms with Crippen LogP contribution in [0.5, 0.6) is 0 Å². The van der Waals surface area contributed by atoms with Gasteiger partial charge in [-0.15, -0.1) is 0 Å². The van der Waals surface area contributed by atoms with Gasteiger partial charge in [-0.1, -0.05) is 23.9 Å². The Morgan fingerprint density at radius 3 is 2.84 bits per heavy atom. The van der Waals surface area contributed by atoms with E-state index in [4.69, 9.17) is 4.74 Å². The Morgan fingerprint density at radius 2 is 2.12 bits per heavy atom. The summed E-state index contributed by atoms with van der Waals surface area (Å²) in [5.41, 5.74) is 0.434. The molecular formula is C17H19N3O4S. The molecule has 0 saturated carbocycles. The maximum atomic E-state index is 12.7. The third-order valence-electron chi connectivity index (χ3n) is 4.04. The maximum absolute atomic E-state index is 12.7. The Kier molecular flexibility index (Phi) is 5.50. The van der Waals surface area contributed by atoms with Crippen LogP contribution in [0, 0.1) is 0 Å². The van der Waals surface area contributed by atoms with Crippen LogP contribution in [0.15, 0.2) is 34.2 Å². The molecule has 0 atom stereocenters. The number of benzene rings is 1. The number of ether oxygens (including phenoxy) is 1. The normalized spacial score (nSPS) is 14.4. The number of hydrogen-bond donors (Lipinski definition) is 0. The number of fused-ring (bicyclic) bond motifs is 1. The second-order valence-electron chi connectivity index (χ2n) is 5.69. The molecule has 1 fully saturated rings. The van der Waals surface area contributed by atoms with Crippen LogP contribution < -0.4 is 5.56 Å². The molecule has 3 rings (SSSR count). The number of carbonyl (C=O) groups is 2. The third kappa shape index (κ3) is 3.74. The first-order valence-electron chi connectivity index (χ1n) is 8.06. The summed E-state index contributed by atoms with van der Waals surface area (Å²) in [5, 5.41) is 0.991. The van der Waals surface area contributed by atoms with Gasteiger partial charge in [0.25, 0.3) is 5.56 Å². The van der Waals surface area contributed by atoms with E-state index in [2.05, 4.69) is 4.98 Å². The number of amides is 2. The van der Waals surface area contributed by atoms with Crippen LogP contribution in [0.25, 0.3) is 10.9 Å². The molecule has 0 spiro atoms. The van der Waals surface area contributed by atoms with Gasteiger partial charge in [0.05, 0.1) is 29.8 Å². The number of nitrogens with zero attached hydrogens (tertiary/aromatic N) is 3. The Morgan fingerprint density at radius 1 is 1.32 bits per heavy atom. The van der Waals surface area contributed by atoms with E-state index < -0.39 is 0 Å². The van der Waals surface area contributed by atoms with Gasteiger partial charge in [0, 0.05) is 20.1 Å². The van der Waals surface area contributed by atoms with E-state index in [0.717, 1.165) is 0 Å². The van der Waals surface area contributed by atoms with Gasteiger partial charge in [0.1, 0.15) is 0 Å². The lowest BCUT2D eigenvalue weighted by Crippen LogP contribution is -2.33. The summed E-state index contributed by atoms with van der Waals surface area (Å²) in [4.78, 5) is 42.4. The fraction of sp³-hybridized carbons (Fsp3) is 0.412. The minimum Gasteiger partial charge on any atom is -0.383 e. The number of carbonyl (C=O) groups excluding carboxylic acids is 2. The smallest absolute Gasteiger partial charge is 0.262 e. The van der Waals surface area contributed by atoms with Crippen molar-refractivity contribution in [3.05, 3.63) is 34.6 Å². The third-order valence-corrected chi connectivity index (χ3v) is 5.01.